The molecule has 4 N–H and O–H groups in total. The summed E-state index contributed by atoms with van der Waals surface area (Å²) in [4.78, 5) is 23.1. The van der Waals surface area contributed by atoms with Gasteiger partial charge >= 0.3 is 0 Å². The van der Waals surface area contributed by atoms with Gasteiger partial charge in [-0.3, -0.25) is 9.59 Å². The first kappa shape index (κ1) is 15.2. The van der Waals surface area contributed by atoms with Crippen LogP contribution in [0.2, 0.25) is 0 Å². The lowest BCUT2D eigenvalue weighted by Gasteiger charge is -2.08. The van der Waals surface area contributed by atoms with E-state index in [1.54, 1.807) is 24.3 Å². The van der Waals surface area contributed by atoms with E-state index in [1.807, 2.05) is 13.8 Å². The Labute approximate surface area is 113 Å². The van der Waals surface area contributed by atoms with Crippen molar-refractivity contribution < 1.29 is 9.59 Å². The predicted molar refractivity (Wildman–Crippen MR) is 76.0 cm³/mol. The van der Waals surface area contributed by atoms with Gasteiger partial charge in [0.1, 0.15) is 0 Å². The van der Waals surface area contributed by atoms with Crippen LogP contribution in [0.4, 0.5) is 5.69 Å². The number of hydrogen-bond donors (Lipinski definition) is 3. The van der Waals surface area contributed by atoms with Crippen LogP contribution in [0, 0.1) is 0 Å². The van der Waals surface area contributed by atoms with Gasteiger partial charge < -0.3 is 16.4 Å². The van der Waals surface area contributed by atoms with Gasteiger partial charge in [0.25, 0.3) is 5.91 Å². The zero-order chi connectivity index (χ0) is 14.3. The number of carbonyl (C=O) groups excluding carboxylic acids is 2. The van der Waals surface area contributed by atoms with Crippen LogP contribution in [0.5, 0.6) is 0 Å². The summed E-state index contributed by atoms with van der Waals surface area (Å²) in [5.41, 5.74) is 6.85. The molecule has 2 amide bonds. The van der Waals surface area contributed by atoms with Crippen LogP contribution in [-0.2, 0) is 4.79 Å². The molecule has 0 heterocycles. The van der Waals surface area contributed by atoms with E-state index in [4.69, 9.17) is 5.73 Å². The van der Waals surface area contributed by atoms with E-state index in [1.165, 1.54) is 0 Å². The Bertz CT molecular complexity index is 427. The highest BCUT2D eigenvalue weighted by molar-refractivity contribution is 5.95. The van der Waals surface area contributed by atoms with Gasteiger partial charge in [0, 0.05) is 30.3 Å². The third-order valence-electron chi connectivity index (χ3n) is 2.59. The third kappa shape index (κ3) is 5.52. The molecule has 0 saturated heterocycles. The summed E-state index contributed by atoms with van der Waals surface area (Å²) in [7, 11) is 0. The standard InChI is InChI=1S/C14H21N3O2/c1-3-16-14(19)11-5-7-12(8-6-11)17-13(18)9-4-10(2)15/h5-8,10H,3-4,9,15H2,1-2H3,(H,16,19)(H,17,18). The van der Waals surface area contributed by atoms with Crippen LogP contribution in [0.15, 0.2) is 24.3 Å². The Balaban J connectivity index is 2.52. The average molecular weight is 263 g/mol. The van der Waals surface area contributed by atoms with E-state index in [0.717, 1.165) is 0 Å². The highest BCUT2D eigenvalue weighted by Crippen LogP contribution is 2.10. The molecule has 1 rings (SSSR count). The van der Waals surface area contributed by atoms with Gasteiger partial charge in [-0.1, -0.05) is 0 Å². The number of rotatable bonds is 6. The maximum atomic E-state index is 11.6. The van der Waals surface area contributed by atoms with Crippen molar-refractivity contribution in [2.45, 2.75) is 32.7 Å². The minimum Gasteiger partial charge on any atom is -0.352 e. The predicted octanol–water partition coefficient (Wildman–Crippen LogP) is 1.50. The van der Waals surface area contributed by atoms with Crippen LogP contribution >= 0.6 is 0 Å². The second-order valence-electron chi connectivity index (χ2n) is 4.50. The first-order valence-electron chi connectivity index (χ1n) is 6.46. The molecule has 0 aliphatic heterocycles. The van der Waals surface area contributed by atoms with Crippen LogP contribution in [0.3, 0.4) is 0 Å². The van der Waals surface area contributed by atoms with Gasteiger partial charge in [0.2, 0.25) is 5.91 Å². The van der Waals surface area contributed by atoms with Gasteiger partial charge in [-0.2, -0.15) is 0 Å². The van der Waals surface area contributed by atoms with Gasteiger partial charge in [-0.15, -0.1) is 0 Å². The normalized spacial score (nSPS) is 11.7. The summed E-state index contributed by atoms with van der Waals surface area (Å²) in [5, 5.41) is 5.48. The molecule has 0 saturated carbocycles. The lowest BCUT2D eigenvalue weighted by atomic mass is 10.1. The number of hydrogen-bond acceptors (Lipinski definition) is 3. The van der Waals surface area contributed by atoms with Gasteiger partial charge in [0.15, 0.2) is 0 Å². The zero-order valence-electron chi connectivity index (χ0n) is 11.4. The molecule has 1 aromatic carbocycles. The van der Waals surface area contributed by atoms with Crippen molar-refractivity contribution in [1.29, 1.82) is 0 Å². The Morgan fingerprint density at radius 1 is 1.26 bits per heavy atom. The quantitative estimate of drug-likeness (QED) is 0.727. The largest absolute Gasteiger partial charge is 0.352 e. The summed E-state index contributed by atoms with van der Waals surface area (Å²) >= 11 is 0. The van der Waals surface area contributed by atoms with Crippen molar-refractivity contribution in [2.24, 2.45) is 5.73 Å². The van der Waals surface area contributed by atoms with Crippen molar-refractivity contribution in [3.63, 3.8) is 0 Å². The first-order valence-corrected chi connectivity index (χ1v) is 6.46. The van der Waals surface area contributed by atoms with Crippen LogP contribution in [0.25, 0.3) is 0 Å². The van der Waals surface area contributed by atoms with E-state index in [2.05, 4.69) is 10.6 Å². The smallest absolute Gasteiger partial charge is 0.251 e. The molecule has 19 heavy (non-hydrogen) atoms. The summed E-state index contributed by atoms with van der Waals surface area (Å²) in [6.07, 6.45) is 1.05. The number of anilines is 1. The van der Waals surface area contributed by atoms with Crippen molar-refractivity contribution in [3.8, 4) is 0 Å². The molecule has 0 fully saturated rings. The fraction of sp³-hybridized carbons (Fsp3) is 0.429. The number of nitrogens with one attached hydrogen (secondary N) is 2. The zero-order valence-corrected chi connectivity index (χ0v) is 11.4. The Morgan fingerprint density at radius 3 is 2.42 bits per heavy atom. The maximum absolute atomic E-state index is 11.6. The van der Waals surface area contributed by atoms with Gasteiger partial charge in [-0.25, -0.2) is 0 Å². The van der Waals surface area contributed by atoms with Crippen LogP contribution in [0.1, 0.15) is 37.0 Å². The summed E-state index contributed by atoms with van der Waals surface area (Å²) in [5.74, 6) is -0.180. The molecule has 1 unspecified atom stereocenters. The molecule has 104 valence electrons. The fourth-order valence-corrected chi connectivity index (χ4v) is 1.55. The SMILES string of the molecule is CCNC(=O)c1ccc(NC(=O)CCC(C)N)cc1. The molecule has 1 aromatic rings. The number of nitrogens with two attached hydrogens (primary N) is 1. The minimum absolute atomic E-state index is 0.0193. The summed E-state index contributed by atoms with van der Waals surface area (Å²) in [6.45, 7) is 4.33. The molecular weight excluding hydrogens is 242 g/mol. The van der Waals surface area contributed by atoms with E-state index >= 15 is 0 Å². The molecular formula is C14H21N3O2. The van der Waals surface area contributed by atoms with Crippen molar-refractivity contribution in [2.75, 3.05) is 11.9 Å². The first-order chi connectivity index (χ1) is 9.02. The topological polar surface area (TPSA) is 84.2 Å². The number of benzene rings is 1. The third-order valence-corrected chi connectivity index (χ3v) is 2.59. The number of carbonyl (C=O) groups is 2. The van der Waals surface area contributed by atoms with Crippen molar-refractivity contribution >= 4 is 17.5 Å². The Hall–Kier alpha value is -1.88. The second-order valence-corrected chi connectivity index (χ2v) is 4.50. The highest BCUT2D eigenvalue weighted by Gasteiger charge is 2.06. The van der Waals surface area contributed by atoms with Gasteiger partial charge in [0.05, 0.1) is 0 Å². The molecule has 0 radical (unpaired) electrons. The molecule has 5 nitrogen and oxygen atoms in total. The molecule has 0 aromatic heterocycles. The number of amides is 2. The Morgan fingerprint density at radius 2 is 1.89 bits per heavy atom. The molecule has 1 atom stereocenters. The maximum Gasteiger partial charge on any atom is 0.251 e. The van der Waals surface area contributed by atoms with Crippen LogP contribution < -0.4 is 16.4 Å². The fourth-order valence-electron chi connectivity index (χ4n) is 1.55. The molecule has 0 aliphatic rings. The van der Waals surface area contributed by atoms with E-state index < -0.39 is 0 Å². The summed E-state index contributed by atoms with van der Waals surface area (Å²) in [6, 6.07) is 6.83. The van der Waals surface area contributed by atoms with Crippen molar-refractivity contribution in [3.05, 3.63) is 29.8 Å². The molecule has 0 spiro atoms. The lowest BCUT2D eigenvalue weighted by molar-refractivity contribution is -0.116. The lowest BCUT2D eigenvalue weighted by Crippen LogP contribution is -2.22. The molecule has 5 heteroatoms. The van der Waals surface area contributed by atoms with E-state index in [0.29, 0.717) is 30.6 Å². The van der Waals surface area contributed by atoms with E-state index in [9.17, 15) is 9.59 Å². The monoisotopic (exact) mass is 263 g/mol. The summed E-state index contributed by atoms with van der Waals surface area (Å²) < 4.78 is 0. The van der Waals surface area contributed by atoms with Crippen molar-refractivity contribution in [1.82, 2.24) is 5.32 Å². The highest BCUT2D eigenvalue weighted by atomic mass is 16.2. The van der Waals surface area contributed by atoms with Crippen LogP contribution in [-0.4, -0.2) is 24.4 Å². The Kier molecular flexibility index (Phi) is 6.02. The van der Waals surface area contributed by atoms with E-state index in [-0.39, 0.29) is 17.9 Å². The minimum atomic E-state index is -0.114. The second kappa shape index (κ2) is 7.53. The average Bonchev–Trinajstić information content (AvgIpc) is 2.37. The molecule has 0 aliphatic carbocycles. The molecule has 0 bridgehead atoms. The van der Waals surface area contributed by atoms with Gasteiger partial charge in [-0.05, 0) is 44.5 Å².